The second-order valence-electron chi connectivity index (χ2n) is 5.45. The first-order valence-electron chi connectivity index (χ1n) is 6.85. The zero-order valence-electron chi connectivity index (χ0n) is 10.9. The highest BCUT2D eigenvalue weighted by molar-refractivity contribution is 9.10. The Kier molecular flexibility index (Phi) is 3.57. The molecule has 1 aromatic rings. The van der Waals surface area contributed by atoms with Crippen LogP contribution in [0.5, 0.6) is 0 Å². The summed E-state index contributed by atoms with van der Waals surface area (Å²) in [7, 11) is 0. The number of rotatable bonds is 1. The van der Waals surface area contributed by atoms with Crippen LogP contribution in [0.15, 0.2) is 16.7 Å². The third-order valence-electron chi connectivity index (χ3n) is 4.06. The van der Waals surface area contributed by atoms with Crippen LogP contribution in [0.4, 0.5) is 5.82 Å². The Labute approximate surface area is 117 Å². The monoisotopic (exact) mass is 309 g/mol. The molecule has 3 rings (SSSR count). The lowest BCUT2D eigenvalue weighted by molar-refractivity contribution is 0.273. The molecule has 0 N–H and O–H groups in total. The van der Waals surface area contributed by atoms with E-state index >= 15 is 0 Å². The fourth-order valence-corrected chi connectivity index (χ4v) is 3.87. The highest BCUT2D eigenvalue weighted by atomic mass is 79.9. The molecular weight excluding hydrogens is 290 g/mol. The van der Waals surface area contributed by atoms with Gasteiger partial charge in [0, 0.05) is 31.9 Å². The molecule has 18 heavy (non-hydrogen) atoms. The number of aromatic nitrogens is 1. The van der Waals surface area contributed by atoms with Gasteiger partial charge < -0.3 is 4.90 Å². The fourth-order valence-electron chi connectivity index (χ4n) is 3.16. The number of hydrogen-bond donors (Lipinski definition) is 0. The number of hydrogen-bond acceptors (Lipinski definition) is 3. The maximum Gasteiger partial charge on any atom is 0.142 e. The van der Waals surface area contributed by atoms with E-state index in [1.54, 1.807) is 0 Å². The van der Waals surface area contributed by atoms with Crippen LogP contribution in [0.1, 0.15) is 24.8 Å². The molecule has 0 aromatic carbocycles. The van der Waals surface area contributed by atoms with Gasteiger partial charge >= 0.3 is 0 Å². The van der Waals surface area contributed by atoms with Gasteiger partial charge in [-0.2, -0.15) is 0 Å². The van der Waals surface area contributed by atoms with Crippen molar-refractivity contribution in [3.05, 3.63) is 22.3 Å². The third kappa shape index (κ3) is 2.41. The molecule has 0 radical (unpaired) electrons. The average Bonchev–Trinajstić information content (AvgIpc) is 2.67. The van der Waals surface area contributed by atoms with Crippen molar-refractivity contribution in [1.82, 2.24) is 9.88 Å². The van der Waals surface area contributed by atoms with Gasteiger partial charge in [-0.15, -0.1) is 0 Å². The van der Waals surface area contributed by atoms with E-state index in [9.17, 15) is 0 Å². The topological polar surface area (TPSA) is 19.4 Å². The maximum absolute atomic E-state index is 4.62. The molecule has 0 bridgehead atoms. The van der Waals surface area contributed by atoms with Crippen molar-refractivity contribution in [2.24, 2.45) is 0 Å². The number of halogens is 1. The first kappa shape index (κ1) is 12.4. The molecular formula is C14H20BrN3. The molecule has 3 heterocycles. The highest BCUT2D eigenvalue weighted by Gasteiger charge is 2.29. The van der Waals surface area contributed by atoms with Crippen molar-refractivity contribution >= 4 is 21.7 Å². The summed E-state index contributed by atoms with van der Waals surface area (Å²) in [5.74, 6) is 1.12. The minimum Gasteiger partial charge on any atom is -0.354 e. The predicted molar refractivity (Wildman–Crippen MR) is 78.1 cm³/mol. The maximum atomic E-state index is 4.62. The van der Waals surface area contributed by atoms with Crippen molar-refractivity contribution in [3.63, 3.8) is 0 Å². The van der Waals surface area contributed by atoms with E-state index in [1.807, 2.05) is 6.20 Å². The van der Waals surface area contributed by atoms with Crippen molar-refractivity contribution in [2.75, 3.05) is 31.1 Å². The lowest BCUT2D eigenvalue weighted by atomic mass is 10.2. The molecule has 2 aliphatic heterocycles. The van der Waals surface area contributed by atoms with Crippen LogP contribution in [-0.2, 0) is 0 Å². The molecule has 2 aliphatic rings. The first-order valence-corrected chi connectivity index (χ1v) is 7.64. The summed E-state index contributed by atoms with van der Waals surface area (Å²) in [5.41, 5.74) is 1.21. The molecule has 2 fully saturated rings. The van der Waals surface area contributed by atoms with E-state index in [1.165, 1.54) is 37.9 Å². The van der Waals surface area contributed by atoms with Crippen LogP contribution < -0.4 is 4.90 Å². The van der Waals surface area contributed by atoms with E-state index in [4.69, 9.17) is 0 Å². The van der Waals surface area contributed by atoms with E-state index in [0.717, 1.165) is 29.4 Å². The number of nitrogens with zero attached hydrogens (tertiary/aromatic N) is 3. The van der Waals surface area contributed by atoms with Gasteiger partial charge in [-0.1, -0.05) is 0 Å². The quantitative estimate of drug-likeness (QED) is 0.795. The Morgan fingerprint density at radius 2 is 2.11 bits per heavy atom. The van der Waals surface area contributed by atoms with E-state index < -0.39 is 0 Å². The summed E-state index contributed by atoms with van der Waals surface area (Å²) < 4.78 is 1.13. The van der Waals surface area contributed by atoms with Gasteiger partial charge in [0.05, 0.1) is 4.47 Å². The number of anilines is 1. The minimum absolute atomic E-state index is 0.738. The highest BCUT2D eigenvalue weighted by Crippen LogP contribution is 2.28. The van der Waals surface area contributed by atoms with Gasteiger partial charge in [0.2, 0.25) is 0 Å². The summed E-state index contributed by atoms with van der Waals surface area (Å²) in [6.45, 7) is 6.89. The Balaban J connectivity index is 1.82. The summed E-state index contributed by atoms with van der Waals surface area (Å²) in [5, 5.41) is 0. The van der Waals surface area contributed by atoms with Crippen LogP contribution in [0.25, 0.3) is 0 Å². The second-order valence-corrected chi connectivity index (χ2v) is 6.30. The molecule has 1 unspecified atom stereocenters. The van der Waals surface area contributed by atoms with Gasteiger partial charge in [0.1, 0.15) is 5.82 Å². The molecule has 0 aliphatic carbocycles. The van der Waals surface area contributed by atoms with Crippen molar-refractivity contribution < 1.29 is 0 Å². The Bertz CT molecular complexity index is 435. The Morgan fingerprint density at radius 3 is 2.94 bits per heavy atom. The Morgan fingerprint density at radius 1 is 1.28 bits per heavy atom. The van der Waals surface area contributed by atoms with E-state index in [-0.39, 0.29) is 0 Å². The van der Waals surface area contributed by atoms with Crippen LogP contribution >= 0.6 is 15.9 Å². The van der Waals surface area contributed by atoms with Crippen LogP contribution in [0, 0.1) is 6.92 Å². The fraction of sp³-hybridized carbons (Fsp3) is 0.643. The Hall–Kier alpha value is -0.610. The van der Waals surface area contributed by atoms with Gasteiger partial charge in [-0.3, -0.25) is 4.90 Å². The summed E-state index contributed by atoms with van der Waals surface area (Å²) in [6, 6.07) is 2.90. The minimum atomic E-state index is 0.738. The lowest BCUT2D eigenvalue weighted by Crippen LogP contribution is -2.37. The molecule has 1 atom stereocenters. The molecule has 1 aromatic heterocycles. The van der Waals surface area contributed by atoms with Gasteiger partial charge in [-0.25, -0.2) is 4.98 Å². The van der Waals surface area contributed by atoms with Crippen molar-refractivity contribution in [1.29, 1.82) is 0 Å². The summed E-state index contributed by atoms with van der Waals surface area (Å²) >= 11 is 3.66. The zero-order chi connectivity index (χ0) is 12.5. The average molecular weight is 310 g/mol. The molecule has 98 valence electrons. The molecule has 2 saturated heterocycles. The number of pyridine rings is 1. The van der Waals surface area contributed by atoms with E-state index in [0.29, 0.717) is 0 Å². The summed E-state index contributed by atoms with van der Waals surface area (Å²) in [4.78, 5) is 9.73. The summed E-state index contributed by atoms with van der Waals surface area (Å²) in [6.07, 6.45) is 5.93. The standard InChI is InChI=1S/C14H20BrN3/c1-11-8-13(15)14(16-9-11)18-7-3-6-17-5-2-4-12(17)10-18/h8-9,12H,2-7,10H2,1H3. The zero-order valence-corrected chi connectivity index (χ0v) is 12.5. The molecule has 0 saturated carbocycles. The van der Waals surface area contributed by atoms with Crippen molar-refractivity contribution in [2.45, 2.75) is 32.2 Å². The van der Waals surface area contributed by atoms with Crippen molar-refractivity contribution in [3.8, 4) is 0 Å². The first-order chi connectivity index (χ1) is 8.74. The lowest BCUT2D eigenvalue weighted by Gasteiger charge is -2.27. The molecule has 3 nitrogen and oxygen atoms in total. The second kappa shape index (κ2) is 5.17. The normalized spacial score (nSPS) is 25.0. The van der Waals surface area contributed by atoms with Crippen LogP contribution in [0.2, 0.25) is 0 Å². The number of fused-ring (bicyclic) bond motifs is 1. The predicted octanol–water partition coefficient (Wildman–Crippen LogP) is 2.83. The molecule has 4 heteroatoms. The third-order valence-corrected chi connectivity index (χ3v) is 4.65. The van der Waals surface area contributed by atoms with Crippen LogP contribution in [0.3, 0.4) is 0 Å². The molecule has 0 spiro atoms. The van der Waals surface area contributed by atoms with Gasteiger partial charge in [0.15, 0.2) is 0 Å². The van der Waals surface area contributed by atoms with Gasteiger partial charge in [-0.05, 0) is 60.3 Å². The smallest absolute Gasteiger partial charge is 0.142 e. The van der Waals surface area contributed by atoms with Gasteiger partial charge in [0.25, 0.3) is 0 Å². The molecule has 0 amide bonds. The van der Waals surface area contributed by atoms with Crippen LogP contribution in [-0.4, -0.2) is 42.1 Å². The largest absolute Gasteiger partial charge is 0.354 e. The van der Waals surface area contributed by atoms with E-state index in [2.05, 4.69) is 43.7 Å². The number of aryl methyl sites for hydroxylation is 1. The SMILES string of the molecule is Cc1cnc(N2CCCN3CCCC3C2)c(Br)c1.